The van der Waals surface area contributed by atoms with Crippen molar-refractivity contribution in [2.24, 2.45) is 0 Å². The molecule has 1 heterocycles. The zero-order valence-electron chi connectivity index (χ0n) is 10.7. The van der Waals surface area contributed by atoms with Crippen LogP contribution in [0.25, 0.3) is 0 Å². The molecule has 1 atom stereocenters. The number of likely N-dealkylation sites (tertiary alicyclic amines) is 1. The third-order valence-electron chi connectivity index (χ3n) is 3.57. The summed E-state index contributed by atoms with van der Waals surface area (Å²) in [6, 6.07) is 9.35. The first kappa shape index (κ1) is 13.1. The maximum absolute atomic E-state index is 3.48. The average molecular weight is 297 g/mol. The van der Waals surface area contributed by atoms with Crippen LogP contribution in [0.15, 0.2) is 28.7 Å². The molecule has 1 aromatic carbocycles. The molecular formula is C14H21BrN2. The summed E-state index contributed by atoms with van der Waals surface area (Å²) in [5, 5.41) is 0. The second kappa shape index (κ2) is 5.98. The molecule has 2 rings (SSSR count). The van der Waals surface area contributed by atoms with Crippen LogP contribution in [-0.4, -0.2) is 43.0 Å². The monoisotopic (exact) mass is 296 g/mol. The van der Waals surface area contributed by atoms with Crippen molar-refractivity contribution in [3.05, 3.63) is 34.3 Å². The topological polar surface area (TPSA) is 6.48 Å². The maximum atomic E-state index is 3.48. The van der Waals surface area contributed by atoms with Crippen molar-refractivity contribution in [1.29, 1.82) is 0 Å². The van der Waals surface area contributed by atoms with Gasteiger partial charge >= 0.3 is 0 Å². The van der Waals surface area contributed by atoms with Gasteiger partial charge in [0.1, 0.15) is 0 Å². The molecule has 0 N–H and O–H groups in total. The largest absolute Gasteiger partial charge is 0.305 e. The van der Waals surface area contributed by atoms with Crippen molar-refractivity contribution >= 4 is 15.9 Å². The third kappa shape index (κ3) is 3.80. The summed E-state index contributed by atoms with van der Waals surface area (Å²) in [6.45, 7) is 3.50. The Hall–Kier alpha value is -0.380. The number of halogens is 1. The summed E-state index contributed by atoms with van der Waals surface area (Å²) in [4.78, 5) is 4.92. The highest BCUT2D eigenvalue weighted by Crippen LogP contribution is 2.17. The van der Waals surface area contributed by atoms with Crippen LogP contribution in [0.4, 0.5) is 0 Å². The zero-order chi connectivity index (χ0) is 12.3. The molecule has 0 radical (unpaired) electrons. The quantitative estimate of drug-likeness (QED) is 0.846. The Morgan fingerprint density at radius 3 is 2.71 bits per heavy atom. The zero-order valence-corrected chi connectivity index (χ0v) is 12.3. The van der Waals surface area contributed by atoms with E-state index < -0.39 is 0 Å². The van der Waals surface area contributed by atoms with E-state index >= 15 is 0 Å². The van der Waals surface area contributed by atoms with Gasteiger partial charge in [-0.05, 0) is 51.2 Å². The minimum Gasteiger partial charge on any atom is -0.305 e. The molecule has 1 aliphatic heterocycles. The molecule has 1 unspecified atom stereocenters. The fraction of sp³-hybridized carbons (Fsp3) is 0.571. The highest BCUT2D eigenvalue weighted by Gasteiger charge is 2.20. The Bertz CT molecular complexity index is 350. The lowest BCUT2D eigenvalue weighted by atomic mass is 10.0. The molecule has 0 amide bonds. The van der Waals surface area contributed by atoms with E-state index in [0.29, 0.717) is 6.04 Å². The maximum Gasteiger partial charge on any atom is 0.0234 e. The average Bonchev–Trinajstić information content (AvgIpc) is 2.32. The molecule has 94 valence electrons. The van der Waals surface area contributed by atoms with Gasteiger partial charge in [0.15, 0.2) is 0 Å². The third-order valence-corrected chi connectivity index (χ3v) is 4.10. The smallest absolute Gasteiger partial charge is 0.0234 e. The lowest BCUT2D eigenvalue weighted by Crippen LogP contribution is -2.44. The van der Waals surface area contributed by atoms with Crippen LogP contribution in [-0.2, 0) is 6.54 Å². The molecule has 0 saturated carbocycles. The molecule has 2 nitrogen and oxygen atoms in total. The molecule has 1 aromatic rings. The minimum atomic E-state index is 0.706. The molecule has 0 aliphatic carbocycles. The van der Waals surface area contributed by atoms with Gasteiger partial charge in [0.05, 0.1) is 0 Å². The van der Waals surface area contributed by atoms with Gasteiger partial charge in [0.25, 0.3) is 0 Å². The predicted octanol–water partition coefficient (Wildman–Crippen LogP) is 2.98. The van der Waals surface area contributed by atoms with E-state index in [2.05, 4.69) is 64.1 Å². The molecule has 1 fully saturated rings. The Balaban J connectivity index is 1.91. The Kier molecular flexibility index (Phi) is 4.60. The fourth-order valence-electron chi connectivity index (χ4n) is 2.51. The van der Waals surface area contributed by atoms with E-state index in [1.807, 2.05) is 0 Å². The van der Waals surface area contributed by atoms with E-state index in [0.717, 1.165) is 11.0 Å². The normalized spacial score (nSPS) is 22.0. The molecule has 17 heavy (non-hydrogen) atoms. The van der Waals surface area contributed by atoms with Crippen LogP contribution in [0.2, 0.25) is 0 Å². The Labute approximate surface area is 113 Å². The summed E-state index contributed by atoms with van der Waals surface area (Å²) < 4.78 is 1.15. The minimum absolute atomic E-state index is 0.706. The number of benzene rings is 1. The number of hydrogen-bond acceptors (Lipinski definition) is 2. The number of likely N-dealkylation sites (N-methyl/N-ethyl adjacent to an activating group) is 2. The van der Waals surface area contributed by atoms with Crippen molar-refractivity contribution in [3.63, 3.8) is 0 Å². The van der Waals surface area contributed by atoms with Crippen molar-refractivity contribution in [3.8, 4) is 0 Å². The summed E-state index contributed by atoms with van der Waals surface area (Å²) in [6.07, 6.45) is 2.66. The number of piperidine rings is 1. The first-order valence-electron chi connectivity index (χ1n) is 6.28. The summed E-state index contributed by atoms with van der Waals surface area (Å²) in [5.41, 5.74) is 1.39. The molecular weight excluding hydrogens is 276 g/mol. The second-order valence-electron chi connectivity index (χ2n) is 5.10. The standard InChI is InChI=1S/C14H21BrN2/c1-16-9-3-4-14(11-16)17(2)10-12-5-7-13(15)8-6-12/h5-8,14H,3-4,9-11H2,1-2H3. The van der Waals surface area contributed by atoms with Gasteiger partial charge in [0, 0.05) is 23.6 Å². The lowest BCUT2D eigenvalue weighted by Gasteiger charge is -2.35. The van der Waals surface area contributed by atoms with Gasteiger partial charge in [0.2, 0.25) is 0 Å². The van der Waals surface area contributed by atoms with Crippen LogP contribution in [0.3, 0.4) is 0 Å². The Morgan fingerprint density at radius 2 is 2.06 bits per heavy atom. The highest BCUT2D eigenvalue weighted by molar-refractivity contribution is 9.10. The van der Waals surface area contributed by atoms with Gasteiger partial charge in [-0.3, -0.25) is 4.90 Å². The number of rotatable bonds is 3. The van der Waals surface area contributed by atoms with Crippen molar-refractivity contribution < 1.29 is 0 Å². The van der Waals surface area contributed by atoms with Crippen LogP contribution in [0, 0.1) is 0 Å². The predicted molar refractivity (Wildman–Crippen MR) is 76.1 cm³/mol. The molecule has 0 bridgehead atoms. The molecule has 3 heteroatoms. The fourth-order valence-corrected chi connectivity index (χ4v) is 2.77. The SMILES string of the molecule is CN1CCCC(N(C)Cc2ccc(Br)cc2)C1. The molecule has 0 spiro atoms. The van der Waals surface area contributed by atoms with E-state index in [9.17, 15) is 0 Å². The number of nitrogens with zero attached hydrogens (tertiary/aromatic N) is 2. The van der Waals surface area contributed by atoms with Crippen LogP contribution in [0.1, 0.15) is 18.4 Å². The van der Waals surface area contributed by atoms with Crippen molar-refractivity contribution in [1.82, 2.24) is 9.80 Å². The van der Waals surface area contributed by atoms with E-state index in [1.54, 1.807) is 0 Å². The van der Waals surface area contributed by atoms with E-state index in [4.69, 9.17) is 0 Å². The van der Waals surface area contributed by atoms with Gasteiger partial charge in [-0.25, -0.2) is 0 Å². The van der Waals surface area contributed by atoms with Gasteiger partial charge in [-0.15, -0.1) is 0 Å². The summed E-state index contributed by atoms with van der Waals surface area (Å²) in [5.74, 6) is 0. The Morgan fingerprint density at radius 1 is 1.35 bits per heavy atom. The van der Waals surface area contributed by atoms with Gasteiger partial charge in [-0.1, -0.05) is 28.1 Å². The summed E-state index contributed by atoms with van der Waals surface area (Å²) in [7, 11) is 4.46. The first-order valence-corrected chi connectivity index (χ1v) is 7.07. The molecule has 0 aromatic heterocycles. The second-order valence-corrected chi connectivity index (χ2v) is 6.02. The van der Waals surface area contributed by atoms with E-state index in [1.165, 1.54) is 31.5 Å². The van der Waals surface area contributed by atoms with Crippen molar-refractivity contribution in [2.45, 2.75) is 25.4 Å². The molecule has 1 saturated heterocycles. The summed E-state index contributed by atoms with van der Waals surface area (Å²) >= 11 is 3.48. The van der Waals surface area contributed by atoms with Crippen LogP contribution >= 0.6 is 15.9 Å². The van der Waals surface area contributed by atoms with Crippen LogP contribution in [0.5, 0.6) is 0 Å². The highest BCUT2D eigenvalue weighted by atomic mass is 79.9. The lowest BCUT2D eigenvalue weighted by molar-refractivity contribution is 0.129. The van der Waals surface area contributed by atoms with Crippen molar-refractivity contribution in [2.75, 3.05) is 27.2 Å². The van der Waals surface area contributed by atoms with E-state index in [-0.39, 0.29) is 0 Å². The van der Waals surface area contributed by atoms with Gasteiger partial charge in [-0.2, -0.15) is 0 Å². The first-order chi connectivity index (χ1) is 8.15. The number of hydrogen-bond donors (Lipinski definition) is 0. The van der Waals surface area contributed by atoms with Gasteiger partial charge < -0.3 is 4.90 Å². The molecule has 1 aliphatic rings. The van der Waals surface area contributed by atoms with Crippen LogP contribution < -0.4 is 0 Å².